The normalized spacial score (nSPS) is 22.0. The van der Waals surface area contributed by atoms with Gasteiger partial charge >= 0.3 is 0 Å². The zero-order valence-electron chi connectivity index (χ0n) is 14.3. The van der Waals surface area contributed by atoms with Gasteiger partial charge in [0.1, 0.15) is 0 Å². The van der Waals surface area contributed by atoms with Crippen LogP contribution in [-0.4, -0.2) is 66.4 Å². The largest absolute Gasteiger partial charge is 0.378 e. The van der Waals surface area contributed by atoms with Gasteiger partial charge in [0.05, 0.1) is 24.5 Å². The van der Waals surface area contributed by atoms with E-state index in [1.165, 1.54) is 4.31 Å². The SMILES string of the molecule is CCc1nc(CCNC(=O)CC2COCCN2S(=O)(=O)C2CC2)no1. The summed E-state index contributed by atoms with van der Waals surface area (Å²) in [6.45, 7) is 3.25. The van der Waals surface area contributed by atoms with Crippen molar-refractivity contribution in [1.29, 1.82) is 0 Å². The van der Waals surface area contributed by atoms with Crippen LogP contribution in [0, 0.1) is 0 Å². The predicted molar refractivity (Wildman–Crippen MR) is 88.3 cm³/mol. The molecule has 2 aliphatic rings. The molecular formula is C15H24N4O5S. The minimum atomic E-state index is -3.31. The maximum absolute atomic E-state index is 12.5. The second kappa shape index (κ2) is 7.79. The molecule has 1 aromatic rings. The maximum Gasteiger partial charge on any atom is 0.226 e. The Morgan fingerprint density at radius 1 is 1.40 bits per heavy atom. The standard InChI is InChI=1S/C15H24N4O5S/c1-2-15-17-13(18-24-15)5-6-16-14(20)9-11-10-23-8-7-19(11)25(21,22)12-3-4-12/h11-12H,2-10H2,1H3,(H,16,20). The smallest absolute Gasteiger partial charge is 0.226 e. The molecule has 0 bridgehead atoms. The van der Waals surface area contributed by atoms with Crippen LogP contribution in [-0.2, 0) is 32.4 Å². The fourth-order valence-electron chi connectivity index (χ4n) is 2.83. The van der Waals surface area contributed by atoms with Crippen molar-refractivity contribution in [2.24, 2.45) is 0 Å². The summed E-state index contributed by atoms with van der Waals surface area (Å²) in [5, 5.41) is 6.33. The Balaban J connectivity index is 1.48. The molecule has 10 heteroatoms. The number of carbonyl (C=O) groups excluding carboxylic acids is 1. The molecule has 1 saturated carbocycles. The van der Waals surface area contributed by atoms with E-state index in [1.54, 1.807) is 0 Å². The van der Waals surface area contributed by atoms with E-state index in [1.807, 2.05) is 6.92 Å². The molecule has 0 aromatic carbocycles. The third kappa shape index (κ3) is 4.56. The Labute approximate surface area is 147 Å². The van der Waals surface area contributed by atoms with Crippen LogP contribution in [0.15, 0.2) is 4.52 Å². The van der Waals surface area contributed by atoms with E-state index < -0.39 is 16.1 Å². The Hall–Kier alpha value is -1.52. The highest BCUT2D eigenvalue weighted by Crippen LogP contribution is 2.33. The molecule has 0 radical (unpaired) electrons. The summed E-state index contributed by atoms with van der Waals surface area (Å²) in [7, 11) is -3.31. The molecule has 140 valence electrons. The summed E-state index contributed by atoms with van der Waals surface area (Å²) in [4.78, 5) is 16.3. The first-order valence-corrected chi connectivity index (χ1v) is 10.2. The number of rotatable bonds is 8. The molecule has 3 rings (SSSR count). The minimum Gasteiger partial charge on any atom is -0.378 e. The van der Waals surface area contributed by atoms with Crippen LogP contribution in [0.4, 0.5) is 0 Å². The Bertz CT molecular complexity index is 701. The lowest BCUT2D eigenvalue weighted by Gasteiger charge is -2.34. The van der Waals surface area contributed by atoms with Gasteiger partial charge in [0.25, 0.3) is 0 Å². The first-order valence-electron chi connectivity index (χ1n) is 8.67. The van der Waals surface area contributed by atoms with Gasteiger partial charge in [0.15, 0.2) is 5.82 Å². The average molecular weight is 372 g/mol. The van der Waals surface area contributed by atoms with Crippen molar-refractivity contribution in [2.75, 3.05) is 26.3 Å². The fraction of sp³-hybridized carbons (Fsp3) is 0.800. The summed E-state index contributed by atoms with van der Waals surface area (Å²) in [6, 6.07) is -0.434. The maximum atomic E-state index is 12.5. The summed E-state index contributed by atoms with van der Waals surface area (Å²) in [6.07, 6.45) is 2.66. The van der Waals surface area contributed by atoms with Crippen molar-refractivity contribution in [3.63, 3.8) is 0 Å². The van der Waals surface area contributed by atoms with Gasteiger partial charge in [0.2, 0.25) is 21.8 Å². The van der Waals surface area contributed by atoms with E-state index in [4.69, 9.17) is 9.26 Å². The predicted octanol–water partition coefficient (Wildman–Crippen LogP) is -0.126. The molecule has 1 unspecified atom stereocenters. The topological polar surface area (TPSA) is 115 Å². The van der Waals surface area contributed by atoms with Crippen molar-refractivity contribution >= 4 is 15.9 Å². The van der Waals surface area contributed by atoms with Gasteiger partial charge in [-0.2, -0.15) is 9.29 Å². The molecule has 1 aromatic heterocycles. The molecule has 1 saturated heterocycles. The number of aromatic nitrogens is 2. The number of hydrogen-bond donors (Lipinski definition) is 1. The Morgan fingerprint density at radius 3 is 2.88 bits per heavy atom. The number of aryl methyl sites for hydroxylation is 1. The summed E-state index contributed by atoms with van der Waals surface area (Å²) >= 11 is 0. The van der Waals surface area contributed by atoms with Gasteiger partial charge in [-0.1, -0.05) is 12.1 Å². The second-order valence-electron chi connectivity index (χ2n) is 6.35. The second-order valence-corrected chi connectivity index (χ2v) is 8.51. The highest BCUT2D eigenvalue weighted by Gasteiger charge is 2.44. The van der Waals surface area contributed by atoms with Crippen LogP contribution in [0.2, 0.25) is 0 Å². The fourth-order valence-corrected chi connectivity index (χ4v) is 4.82. The van der Waals surface area contributed by atoms with E-state index in [2.05, 4.69) is 15.5 Å². The molecule has 1 N–H and O–H groups in total. The quantitative estimate of drug-likeness (QED) is 0.676. The minimum absolute atomic E-state index is 0.0956. The van der Waals surface area contributed by atoms with E-state index in [0.717, 1.165) is 0 Å². The van der Waals surface area contributed by atoms with Gasteiger partial charge in [-0.05, 0) is 12.8 Å². The van der Waals surface area contributed by atoms with Crippen LogP contribution in [0.1, 0.15) is 37.9 Å². The number of carbonyl (C=O) groups is 1. The van der Waals surface area contributed by atoms with Crippen molar-refractivity contribution in [2.45, 2.75) is 50.3 Å². The monoisotopic (exact) mass is 372 g/mol. The highest BCUT2D eigenvalue weighted by molar-refractivity contribution is 7.90. The van der Waals surface area contributed by atoms with Gasteiger partial charge in [-0.15, -0.1) is 0 Å². The van der Waals surface area contributed by atoms with Crippen LogP contribution in [0.3, 0.4) is 0 Å². The lowest BCUT2D eigenvalue weighted by atomic mass is 10.2. The zero-order chi connectivity index (χ0) is 17.9. The molecule has 1 amide bonds. The molecule has 9 nitrogen and oxygen atoms in total. The molecule has 0 spiro atoms. The summed E-state index contributed by atoms with van der Waals surface area (Å²) in [5.41, 5.74) is 0. The third-order valence-electron chi connectivity index (χ3n) is 4.35. The zero-order valence-corrected chi connectivity index (χ0v) is 15.1. The number of ether oxygens (including phenoxy) is 1. The molecule has 25 heavy (non-hydrogen) atoms. The van der Waals surface area contributed by atoms with Crippen molar-refractivity contribution in [3.05, 3.63) is 11.7 Å². The number of sulfonamides is 1. The molecule has 1 aliphatic carbocycles. The third-order valence-corrected chi connectivity index (χ3v) is 6.80. The van der Waals surface area contributed by atoms with E-state index in [9.17, 15) is 13.2 Å². The first-order chi connectivity index (χ1) is 12.0. The van der Waals surface area contributed by atoms with Crippen molar-refractivity contribution < 1.29 is 22.5 Å². The van der Waals surface area contributed by atoms with Crippen LogP contribution < -0.4 is 5.32 Å². The van der Waals surface area contributed by atoms with E-state index in [-0.39, 0.29) is 24.2 Å². The van der Waals surface area contributed by atoms with Crippen LogP contribution in [0.25, 0.3) is 0 Å². The van der Waals surface area contributed by atoms with Crippen molar-refractivity contribution in [1.82, 2.24) is 19.8 Å². The van der Waals surface area contributed by atoms with E-state index >= 15 is 0 Å². The number of amides is 1. The molecule has 2 fully saturated rings. The lowest BCUT2D eigenvalue weighted by molar-refractivity contribution is -0.123. The van der Waals surface area contributed by atoms with Gasteiger partial charge in [0, 0.05) is 32.4 Å². The number of morpholine rings is 1. The first kappa shape index (κ1) is 18.3. The van der Waals surface area contributed by atoms with Crippen LogP contribution in [0.5, 0.6) is 0 Å². The Morgan fingerprint density at radius 2 is 2.20 bits per heavy atom. The van der Waals surface area contributed by atoms with Gasteiger partial charge < -0.3 is 14.6 Å². The molecule has 1 aliphatic heterocycles. The number of hydrogen-bond acceptors (Lipinski definition) is 7. The van der Waals surface area contributed by atoms with Crippen LogP contribution >= 0.6 is 0 Å². The average Bonchev–Trinajstić information content (AvgIpc) is 3.36. The number of nitrogens with zero attached hydrogens (tertiary/aromatic N) is 3. The molecular weight excluding hydrogens is 348 g/mol. The Kier molecular flexibility index (Phi) is 5.70. The van der Waals surface area contributed by atoms with Gasteiger partial charge in [-0.3, -0.25) is 4.79 Å². The van der Waals surface area contributed by atoms with Crippen molar-refractivity contribution in [3.8, 4) is 0 Å². The highest BCUT2D eigenvalue weighted by atomic mass is 32.2. The lowest BCUT2D eigenvalue weighted by Crippen LogP contribution is -2.51. The number of nitrogens with one attached hydrogen (secondary N) is 1. The molecule has 2 heterocycles. The summed E-state index contributed by atoms with van der Waals surface area (Å²) < 4.78 is 36.8. The van der Waals surface area contributed by atoms with E-state index in [0.29, 0.717) is 57.1 Å². The van der Waals surface area contributed by atoms with Gasteiger partial charge in [-0.25, -0.2) is 8.42 Å². The summed E-state index contributed by atoms with van der Waals surface area (Å²) in [5.74, 6) is 0.920. The molecule has 1 atom stereocenters.